The number of hydrogen-bond donors (Lipinski definition) is 7. The van der Waals surface area contributed by atoms with Crippen LogP contribution in [0, 0.1) is 0 Å². The smallest absolute Gasteiger partial charge is 0.453 e. The maximum atomic E-state index is 13.0. The summed E-state index contributed by atoms with van der Waals surface area (Å²) >= 11 is 0. The van der Waals surface area contributed by atoms with Crippen LogP contribution >= 0.6 is 23.4 Å². The van der Waals surface area contributed by atoms with Crippen molar-refractivity contribution < 1.29 is 60.9 Å². The monoisotopic (exact) mass is 639 g/mol. The second kappa shape index (κ2) is 11.8. The van der Waals surface area contributed by atoms with Gasteiger partial charge in [0.15, 0.2) is 23.8 Å². The molecule has 3 heterocycles. The van der Waals surface area contributed by atoms with E-state index < -0.39 is 60.5 Å². The Labute approximate surface area is 230 Å². The quantitative estimate of drug-likeness (QED) is 0.109. The van der Waals surface area contributed by atoms with Crippen molar-refractivity contribution in [3.05, 3.63) is 42.5 Å². The highest BCUT2D eigenvalue weighted by molar-refractivity contribution is 7.67. The number of carbonyl (C=O) groups excluding carboxylic acids is 1. The van der Waals surface area contributed by atoms with E-state index in [2.05, 4.69) is 34.4 Å². The number of fused-ring (bicyclic) bond motifs is 1. The predicted molar refractivity (Wildman–Crippen MR) is 137 cm³/mol. The van der Waals surface area contributed by atoms with Crippen LogP contribution in [0.15, 0.2) is 36.9 Å². The second-order valence-corrected chi connectivity index (χ2v) is 12.8. The van der Waals surface area contributed by atoms with Crippen LogP contribution in [0.3, 0.4) is 0 Å². The summed E-state index contributed by atoms with van der Waals surface area (Å²) in [5.74, 6) is -0.902. The highest BCUT2D eigenvalue weighted by atomic mass is 31.3. The average molecular weight is 639 g/mol. The Morgan fingerprint density at radius 3 is 2.51 bits per heavy atom. The van der Waals surface area contributed by atoms with Crippen LogP contribution in [-0.2, 0) is 36.3 Å². The minimum Gasteiger partial charge on any atom is -0.453 e. The van der Waals surface area contributed by atoms with Crippen LogP contribution < -0.4 is 16.6 Å². The molecule has 0 saturated carbocycles. The van der Waals surface area contributed by atoms with Gasteiger partial charge in [-0.05, 0) is 12.1 Å². The van der Waals surface area contributed by atoms with Crippen LogP contribution in [0.5, 0.6) is 0 Å². The molecule has 224 valence electrons. The van der Waals surface area contributed by atoms with Crippen LogP contribution in [0.25, 0.3) is 11.2 Å². The lowest BCUT2D eigenvalue weighted by molar-refractivity contribution is -0.0520. The normalized spacial score (nSPS) is 25.2. The Morgan fingerprint density at radius 2 is 1.83 bits per heavy atom. The summed E-state index contributed by atoms with van der Waals surface area (Å²) < 4.78 is 60.0. The molecule has 9 N–H and O–H groups in total. The summed E-state index contributed by atoms with van der Waals surface area (Å²) in [6.45, 7) is -0.990. The van der Waals surface area contributed by atoms with Crippen molar-refractivity contribution in [1.29, 1.82) is 0 Å². The van der Waals surface area contributed by atoms with Crippen molar-refractivity contribution >= 4 is 52.0 Å². The number of nitrogens with two attached hydrogens (primary N) is 2. The van der Waals surface area contributed by atoms with Crippen molar-refractivity contribution in [3.63, 3.8) is 0 Å². The van der Waals surface area contributed by atoms with E-state index in [-0.39, 0.29) is 22.5 Å². The number of phosphoric acid groups is 2. The van der Waals surface area contributed by atoms with Crippen molar-refractivity contribution in [1.82, 2.24) is 19.5 Å². The van der Waals surface area contributed by atoms with E-state index in [0.29, 0.717) is 5.69 Å². The fraction of sp³-hybridized carbons (Fsp3) is 0.333. The number of ether oxygens (including phenoxy) is 2. The van der Waals surface area contributed by atoms with Gasteiger partial charge in [0.05, 0.1) is 18.5 Å². The number of esters is 1. The Hall–Kier alpha value is -2.83. The largest absolute Gasteiger partial charge is 0.489 e. The first kappa shape index (κ1) is 31.1. The van der Waals surface area contributed by atoms with E-state index in [4.69, 9.17) is 24.6 Å². The Kier molecular flexibility index (Phi) is 8.96. The highest BCUT2D eigenvalue weighted by Crippen LogP contribution is 2.65. The number of nitrogens with zero attached hydrogens (tertiary/aromatic N) is 4. The van der Waals surface area contributed by atoms with E-state index >= 15 is 0 Å². The number of imidazole rings is 1. The standard InChI is InChI=1S/C18H24N7O13P3/c1-21-10-5-3-2-4-9(10)18(27)36-14-11(6-34-40(30,31)38-41(32,33)37-39(20,28)29)35-17(13(14)26)25-8-24-12-15(19)22-7-23-16(12)25/h2-5,7-8,11,13-14,17,21,26H,6H2,1H3,(H,30,31)(H,32,33)(H2,19,22,23)(H3,20,28,29)/t11-,13-,14-,17-/m1/s1. The van der Waals surface area contributed by atoms with E-state index in [9.17, 15) is 33.4 Å². The molecule has 1 aliphatic rings. The number of aliphatic hydroxyl groups is 1. The molecule has 23 heteroatoms. The Morgan fingerprint density at radius 1 is 1.12 bits per heavy atom. The predicted octanol–water partition coefficient (Wildman–Crippen LogP) is 0.244. The number of aromatic nitrogens is 4. The lowest BCUT2D eigenvalue weighted by atomic mass is 10.1. The molecule has 3 unspecified atom stereocenters. The van der Waals surface area contributed by atoms with Gasteiger partial charge in [-0.15, -0.1) is 0 Å². The summed E-state index contributed by atoms with van der Waals surface area (Å²) in [4.78, 5) is 53.3. The molecule has 1 aromatic carbocycles. The number of benzene rings is 1. The summed E-state index contributed by atoms with van der Waals surface area (Å²) in [5, 5.41) is 14.0. The number of aliphatic hydroxyl groups excluding tert-OH is 1. The minimum absolute atomic E-state index is 0.0201. The van der Waals surface area contributed by atoms with Gasteiger partial charge in [-0.1, -0.05) is 12.1 Å². The maximum Gasteiger partial charge on any atom is 0.489 e. The first-order valence-corrected chi connectivity index (χ1v) is 15.8. The number of phosphoric ester groups is 1. The fourth-order valence-electron chi connectivity index (χ4n) is 3.84. The number of para-hydroxylation sites is 1. The first-order valence-electron chi connectivity index (χ1n) is 11.2. The molecule has 0 bridgehead atoms. The van der Waals surface area contributed by atoms with Crippen molar-refractivity contribution in [2.75, 3.05) is 24.7 Å². The number of anilines is 2. The van der Waals surface area contributed by atoms with Crippen LogP contribution in [0.2, 0.25) is 0 Å². The number of hydrogen-bond acceptors (Lipinski definition) is 15. The van der Waals surface area contributed by atoms with Crippen LogP contribution in [0.4, 0.5) is 11.5 Å². The lowest BCUT2D eigenvalue weighted by Gasteiger charge is -2.22. The zero-order chi connectivity index (χ0) is 30.2. The number of nitrogens with one attached hydrogen (secondary N) is 1. The number of rotatable bonds is 11. The van der Waals surface area contributed by atoms with Gasteiger partial charge in [-0.3, -0.25) is 9.09 Å². The molecule has 0 amide bonds. The zero-order valence-electron chi connectivity index (χ0n) is 20.7. The molecular formula is C18H24N7O13P3. The Bertz CT molecular complexity index is 1580. The third-order valence-electron chi connectivity index (χ3n) is 5.46. The van der Waals surface area contributed by atoms with E-state index in [1.807, 2.05) is 0 Å². The molecule has 0 spiro atoms. The van der Waals surface area contributed by atoms with Crippen LogP contribution in [-0.4, -0.2) is 77.2 Å². The molecule has 4 rings (SSSR count). The van der Waals surface area contributed by atoms with Gasteiger partial charge < -0.3 is 40.3 Å². The molecule has 3 aromatic rings. The van der Waals surface area contributed by atoms with Crippen molar-refractivity contribution in [2.45, 2.75) is 24.5 Å². The van der Waals surface area contributed by atoms with Gasteiger partial charge in [-0.2, -0.15) is 8.62 Å². The fourth-order valence-corrected chi connectivity index (χ4v) is 6.97. The SMILES string of the molecule is CNc1ccccc1C(=O)O[C@H]1[C@@H](O)[C@H](n2cnc3c(N)ncnc32)O[C@@H]1COP(=O)(O)OP(=O)(O)OP(N)(=O)O. The molecule has 2 aromatic heterocycles. The molecule has 1 saturated heterocycles. The molecule has 20 nitrogen and oxygen atoms in total. The van der Waals surface area contributed by atoms with Gasteiger partial charge in [-0.25, -0.2) is 38.9 Å². The van der Waals surface area contributed by atoms with E-state index in [1.54, 1.807) is 25.2 Å². The lowest BCUT2D eigenvalue weighted by Crippen LogP contribution is -2.38. The van der Waals surface area contributed by atoms with Crippen molar-refractivity contribution in [2.24, 2.45) is 5.50 Å². The van der Waals surface area contributed by atoms with E-state index in [0.717, 1.165) is 6.33 Å². The van der Waals surface area contributed by atoms with Gasteiger partial charge in [0.2, 0.25) is 0 Å². The summed E-state index contributed by atoms with van der Waals surface area (Å²) in [7, 11) is -14.8. The molecule has 41 heavy (non-hydrogen) atoms. The zero-order valence-corrected chi connectivity index (χ0v) is 23.4. The van der Waals surface area contributed by atoms with Gasteiger partial charge in [0.25, 0.3) is 0 Å². The van der Waals surface area contributed by atoms with Crippen molar-refractivity contribution in [3.8, 4) is 0 Å². The molecular weight excluding hydrogens is 615 g/mol. The third kappa shape index (κ3) is 7.34. The summed E-state index contributed by atoms with van der Waals surface area (Å²) in [5.41, 5.74) is 11.2. The third-order valence-corrected chi connectivity index (χ3v) is 9.35. The average Bonchev–Trinajstić information content (AvgIpc) is 3.42. The van der Waals surface area contributed by atoms with Gasteiger partial charge in [0.1, 0.15) is 24.1 Å². The first-order chi connectivity index (χ1) is 19.1. The summed E-state index contributed by atoms with van der Waals surface area (Å²) in [6.07, 6.45) is -3.78. The molecule has 0 aliphatic carbocycles. The minimum atomic E-state index is -5.68. The maximum absolute atomic E-state index is 13.0. The van der Waals surface area contributed by atoms with Crippen LogP contribution in [0.1, 0.15) is 16.6 Å². The van der Waals surface area contributed by atoms with E-state index in [1.165, 1.54) is 17.0 Å². The van der Waals surface area contributed by atoms with Gasteiger partial charge in [0, 0.05) is 12.7 Å². The molecule has 0 radical (unpaired) electrons. The topological polar surface area (TPSA) is 303 Å². The molecule has 7 atom stereocenters. The number of carbonyl (C=O) groups is 1. The Balaban J connectivity index is 1.60. The molecule has 1 fully saturated rings. The highest BCUT2D eigenvalue weighted by Gasteiger charge is 2.49. The number of nitrogen functional groups attached to an aromatic ring is 1. The summed E-state index contributed by atoms with van der Waals surface area (Å²) in [6, 6.07) is 6.24. The second-order valence-electron chi connectivity index (χ2n) is 8.26. The molecule has 1 aliphatic heterocycles. The van der Waals surface area contributed by atoms with Gasteiger partial charge >= 0.3 is 29.4 Å².